The zero-order valence-corrected chi connectivity index (χ0v) is 11.8. The molecule has 2 nitrogen and oxygen atoms in total. The Morgan fingerprint density at radius 1 is 1.05 bits per heavy atom. The molecule has 0 atom stereocenters. The van der Waals surface area contributed by atoms with E-state index < -0.39 is 11.6 Å². The van der Waals surface area contributed by atoms with Gasteiger partial charge in [0.15, 0.2) is 11.6 Å². The fourth-order valence-corrected chi connectivity index (χ4v) is 2.83. The van der Waals surface area contributed by atoms with Gasteiger partial charge < -0.3 is 10.1 Å². The van der Waals surface area contributed by atoms with Gasteiger partial charge in [-0.2, -0.15) is 0 Å². The molecule has 0 aromatic heterocycles. The van der Waals surface area contributed by atoms with E-state index in [9.17, 15) is 8.78 Å². The highest BCUT2D eigenvalue weighted by Gasteiger charge is 2.32. The van der Waals surface area contributed by atoms with Gasteiger partial charge in [0.1, 0.15) is 5.75 Å². The summed E-state index contributed by atoms with van der Waals surface area (Å²) in [5.41, 5.74) is 1.41. The van der Waals surface area contributed by atoms with Crippen LogP contribution in [0.3, 0.4) is 0 Å². The van der Waals surface area contributed by atoms with Gasteiger partial charge in [0, 0.05) is 6.04 Å². The van der Waals surface area contributed by atoms with Crippen LogP contribution in [0.15, 0.2) is 42.5 Å². The largest absolute Gasteiger partial charge is 0.496 e. The minimum Gasteiger partial charge on any atom is -0.496 e. The molecule has 0 heterocycles. The molecule has 0 radical (unpaired) electrons. The van der Waals surface area contributed by atoms with Crippen molar-refractivity contribution in [3.63, 3.8) is 0 Å². The molecule has 110 valence electrons. The number of nitrogens with one attached hydrogen (secondary N) is 1. The van der Waals surface area contributed by atoms with Crippen LogP contribution in [0.25, 0.3) is 0 Å². The molecule has 1 saturated carbocycles. The Kier molecular flexibility index (Phi) is 3.78. The van der Waals surface area contributed by atoms with Gasteiger partial charge in [0.05, 0.1) is 12.8 Å². The lowest BCUT2D eigenvalue weighted by Crippen LogP contribution is -2.34. The van der Waals surface area contributed by atoms with Gasteiger partial charge in [-0.25, -0.2) is 8.78 Å². The van der Waals surface area contributed by atoms with Gasteiger partial charge >= 0.3 is 0 Å². The molecule has 0 aliphatic heterocycles. The molecule has 1 aliphatic carbocycles. The highest BCUT2D eigenvalue weighted by molar-refractivity contribution is 5.47. The van der Waals surface area contributed by atoms with E-state index in [4.69, 9.17) is 4.74 Å². The van der Waals surface area contributed by atoms with Gasteiger partial charge in [-0.1, -0.05) is 24.3 Å². The molecule has 21 heavy (non-hydrogen) atoms. The molecular weight excluding hydrogens is 272 g/mol. The highest BCUT2D eigenvalue weighted by atomic mass is 19.2. The molecule has 2 aromatic rings. The number of methoxy groups -OCH3 is 1. The van der Waals surface area contributed by atoms with Gasteiger partial charge in [0.2, 0.25) is 0 Å². The fraction of sp³-hybridized carbons (Fsp3) is 0.294. The molecule has 0 unspecified atom stereocenters. The van der Waals surface area contributed by atoms with Crippen molar-refractivity contribution in [1.82, 2.24) is 0 Å². The van der Waals surface area contributed by atoms with Crippen molar-refractivity contribution < 1.29 is 13.5 Å². The van der Waals surface area contributed by atoms with Crippen molar-refractivity contribution >= 4 is 5.69 Å². The van der Waals surface area contributed by atoms with Crippen molar-refractivity contribution in [2.24, 2.45) is 0 Å². The van der Waals surface area contributed by atoms with Crippen LogP contribution in [0.1, 0.15) is 24.3 Å². The first-order valence-corrected chi connectivity index (χ1v) is 7.02. The third kappa shape index (κ3) is 2.71. The van der Waals surface area contributed by atoms with Crippen LogP contribution < -0.4 is 10.1 Å². The maximum Gasteiger partial charge on any atom is 0.181 e. The lowest BCUT2D eigenvalue weighted by molar-refractivity contribution is 0.348. The van der Waals surface area contributed by atoms with Gasteiger partial charge in [-0.05, 0) is 42.5 Å². The van der Waals surface area contributed by atoms with Crippen molar-refractivity contribution in [3.8, 4) is 5.75 Å². The van der Waals surface area contributed by atoms with E-state index in [1.165, 1.54) is 11.6 Å². The number of halogens is 2. The summed E-state index contributed by atoms with van der Waals surface area (Å²) in [5, 5.41) is 3.07. The van der Waals surface area contributed by atoms with Crippen molar-refractivity contribution in [3.05, 3.63) is 59.7 Å². The van der Waals surface area contributed by atoms with Gasteiger partial charge in [-0.3, -0.25) is 0 Å². The molecular formula is C17H17F2NO. The Hall–Kier alpha value is -2.10. The summed E-state index contributed by atoms with van der Waals surface area (Å²) in [6.07, 6.45) is 1.77. The van der Waals surface area contributed by atoms with Crippen LogP contribution in [0.5, 0.6) is 5.75 Å². The third-order valence-corrected chi connectivity index (χ3v) is 4.03. The van der Waals surface area contributed by atoms with Crippen LogP contribution in [0.4, 0.5) is 14.5 Å². The first kappa shape index (κ1) is 13.9. The van der Waals surface area contributed by atoms with Crippen LogP contribution in [0, 0.1) is 11.6 Å². The number of hydrogen-bond acceptors (Lipinski definition) is 2. The summed E-state index contributed by atoms with van der Waals surface area (Å²) < 4.78 is 32.1. The van der Waals surface area contributed by atoms with Crippen molar-refractivity contribution in [2.45, 2.75) is 24.8 Å². The van der Waals surface area contributed by atoms with Crippen LogP contribution in [-0.2, 0) is 0 Å². The predicted octanol–water partition coefficient (Wildman–Crippen LogP) is 4.33. The molecule has 0 amide bonds. The van der Waals surface area contributed by atoms with Crippen molar-refractivity contribution in [2.75, 3.05) is 12.4 Å². The summed E-state index contributed by atoms with van der Waals surface area (Å²) >= 11 is 0. The first-order valence-electron chi connectivity index (χ1n) is 7.02. The SMILES string of the molecule is COc1ccccc1C1CC(Nc2cccc(F)c2F)C1. The molecule has 2 aromatic carbocycles. The number of benzene rings is 2. The van der Waals surface area contributed by atoms with Gasteiger partial charge in [-0.15, -0.1) is 0 Å². The monoisotopic (exact) mass is 289 g/mol. The molecule has 1 fully saturated rings. The Balaban J connectivity index is 1.65. The summed E-state index contributed by atoms with van der Waals surface area (Å²) in [6, 6.07) is 12.3. The predicted molar refractivity (Wildman–Crippen MR) is 78.7 cm³/mol. The normalized spacial score (nSPS) is 20.7. The minimum atomic E-state index is -0.819. The highest BCUT2D eigenvalue weighted by Crippen LogP contribution is 2.42. The smallest absolute Gasteiger partial charge is 0.181 e. The number of rotatable bonds is 4. The average molecular weight is 289 g/mol. The quantitative estimate of drug-likeness (QED) is 0.904. The molecule has 0 bridgehead atoms. The molecule has 0 spiro atoms. The fourth-order valence-electron chi connectivity index (χ4n) is 2.83. The van der Waals surface area contributed by atoms with E-state index in [2.05, 4.69) is 11.4 Å². The van der Waals surface area contributed by atoms with Crippen LogP contribution in [-0.4, -0.2) is 13.2 Å². The number of hydrogen-bond donors (Lipinski definition) is 1. The lowest BCUT2D eigenvalue weighted by Gasteiger charge is -2.37. The Morgan fingerprint density at radius 3 is 2.57 bits per heavy atom. The standard InChI is InChI=1S/C17H17F2NO/c1-21-16-8-3-2-5-13(16)11-9-12(10-11)20-15-7-4-6-14(18)17(15)19/h2-8,11-12,20H,9-10H2,1H3. The van der Waals surface area contributed by atoms with E-state index in [1.54, 1.807) is 13.2 Å². The van der Waals surface area contributed by atoms with Crippen LogP contribution >= 0.6 is 0 Å². The maximum absolute atomic E-state index is 13.6. The molecule has 1 aliphatic rings. The zero-order chi connectivity index (χ0) is 14.8. The topological polar surface area (TPSA) is 21.3 Å². The molecule has 3 rings (SSSR count). The first-order chi connectivity index (χ1) is 10.2. The Bertz CT molecular complexity index is 638. The second-order valence-corrected chi connectivity index (χ2v) is 5.35. The zero-order valence-electron chi connectivity index (χ0n) is 11.8. The number of anilines is 1. The molecule has 1 N–H and O–H groups in total. The van der Waals surface area contributed by atoms with E-state index in [0.29, 0.717) is 5.92 Å². The summed E-state index contributed by atoms with van der Waals surface area (Å²) in [7, 11) is 1.66. The second-order valence-electron chi connectivity index (χ2n) is 5.35. The number of para-hydroxylation sites is 1. The second kappa shape index (κ2) is 5.72. The summed E-state index contributed by atoms with van der Waals surface area (Å²) in [5.74, 6) is -0.341. The van der Waals surface area contributed by atoms with E-state index in [0.717, 1.165) is 24.7 Å². The Morgan fingerprint density at radius 2 is 1.81 bits per heavy atom. The third-order valence-electron chi connectivity index (χ3n) is 4.03. The number of ether oxygens (including phenoxy) is 1. The molecule has 0 saturated heterocycles. The van der Waals surface area contributed by atoms with Gasteiger partial charge in [0.25, 0.3) is 0 Å². The van der Waals surface area contributed by atoms with Crippen molar-refractivity contribution in [1.29, 1.82) is 0 Å². The summed E-state index contributed by atoms with van der Waals surface area (Å²) in [6.45, 7) is 0. The average Bonchev–Trinajstić information content (AvgIpc) is 2.46. The van der Waals surface area contributed by atoms with E-state index >= 15 is 0 Å². The molecule has 4 heteroatoms. The lowest BCUT2D eigenvalue weighted by atomic mass is 9.75. The maximum atomic E-state index is 13.6. The minimum absolute atomic E-state index is 0.163. The van der Waals surface area contributed by atoms with E-state index in [-0.39, 0.29) is 11.7 Å². The van der Waals surface area contributed by atoms with E-state index in [1.807, 2.05) is 18.2 Å². The summed E-state index contributed by atoms with van der Waals surface area (Å²) in [4.78, 5) is 0. The Labute approximate surface area is 122 Å². The van der Waals surface area contributed by atoms with Crippen LogP contribution in [0.2, 0.25) is 0 Å².